The third-order valence-corrected chi connectivity index (χ3v) is 3.25. The van der Waals surface area contributed by atoms with E-state index in [0.29, 0.717) is 12.2 Å². The number of nitrogens with two attached hydrogens (primary N) is 1. The zero-order chi connectivity index (χ0) is 16.7. The van der Waals surface area contributed by atoms with E-state index in [9.17, 15) is 4.79 Å². The van der Waals surface area contributed by atoms with Crippen molar-refractivity contribution < 1.29 is 9.53 Å². The molecule has 124 valence electrons. The Morgan fingerprint density at radius 1 is 1.43 bits per heavy atom. The van der Waals surface area contributed by atoms with Crippen molar-refractivity contribution in [2.24, 2.45) is 10.7 Å². The Morgan fingerprint density at radius 3 is 2.96 bits per heavy atom. The third-order valence-electron chi connectivity index (χ3n) is 3.25. The van der Waals surface area contributed by atoms with E-state index in [-0.39, 0.29) is 11.9 Å². The fourth-order valence-electron chi connectivity index (χ4n) is 2.07. The van der Waals surface area contributed by atoms with Crippen molar-refractivity contribution >= 4 is 29.0 Å². The molecule has 0 fully saturated rings. The number of nitrogens with zero attached hydrogens (tertiary/aromatic N) is 3. The molecule has 1 heterocycles. The van der Waals surface area contributed by atoms with Gasteiger partial charge >= 0.3 is 6.09 Å². The summed E-state index contributed by atoms with van der Waals surface area (Å²) in [4.78, 5) is 20.1. The van der Waals surface area contributed by atoms with Gasteiger partial charge in [-0.2, -0.15) is 0 Å². The molecule has 0 spiro atoms. The van der Waals surface area contributed by atoms with Crippen molar-refractivity contribution in [3.8, 4) is 0 Å². The van der Waals surface area contributed by atoms with Crippen molar-refractivity contribution in [3.05, 3.63) is 24.3 Å². The molecule has 1 aromatic carbocycles. The second-order valence-corrected chi connectivity index (χ2v) is 4.90. The number of aromatic nitrogens is 2. The molecule has 0 aliphatic rings. The average molecular weight is 318 g/mol. The third kappa shape index (κ3) is 4.19. The van der Waals surface area contributed by atoms with Gasteiger partial charge < -0.3 is 10.5 Å². The number of ether oxygens (including phenoxy) is 1. The van der Waals surface area contributed by atoms with Crippen LogP contribution in [0.3, 0.4) is 0 Å². The van der Waals surface area contributed by atoms with Gasteiger partial charge in [0.2, 0.25) is 11.9 Å². The largest absolute Gasteiger partial charge is 0.453 e. The van der Waals surface area contributed by atoms with E-state index in [4.69, 9.17) is 5.73 Å². The van der Waals surface area contributed by atoms with Gasteiger partial charge in [0.05, 0.1) is 24.8 Å². The lowest BCUT2D eigenvalue weighted by Crippen LogP contribution is -2.28. The molecule has 0 unspecified atom stereocenters. The fraction of sp³-hybridized carbons (Fsp3) is 0.400. The molecule has 23 heavy (non-hydrogen) atoms. The number of nitrogens with one attached hydrogen (secondary N) is 2. The van der Waals surface area contributed by atoms with Crippen LogP contribution in [-0.2, 0) is 4.74 Å². The van der Waals surface area contributed by atoms with Gasteiger partial charge in [0.25, 0.3) is 0 Å². The summed E-state index contributed by atoms with van der Waals surface area (Å²) >= 11 is 0. The average Bonchev–Trinajstić information content (AvgIpc) is 2.92. The first-order valence-electron chi connectivity index (χ1n) is 7.50. The van der Waals surface area contributed by atoms with E-state index in [2.05, 4.69) is 32.3 Å². The Balaban J connectivity index is 2.27. The lowest BCUT2D eigenvalue weighted by atomic mass is 10.3. The SMILES string of the molecule is CCCCNCN=C(N)n1c(NC(=O)OC)nc2ccccc21. The quantitative estimate of drug-likeness (QED) is 0.427. The maximum absolute atomic E-state index is 11.5. The van der Waals surface area contributed by atoms with Crippen LogP contribution >= 0.6 is 0 Å². The number of carbonyl (C=O) groups is 1. The van der Waals surface area contributed by atoms with Crippen LogP contribution in [0.5, 0.6) is 0 Å². The minimum absolute atomic E-state index is 0.245. The van der Waals surface area contributed by atoms with Crippen LogP contribution in [0.25, 0.3) is 11.0 Å². The molecular formula is C15H22N6O2. The van der Waals surface area contributed by atoms with Gasteiger partial charge in [0, 0.05) is 0 Å². The summed E-state index contributed by atoms with van der Waals surface area (Å²) in [6.07, 6.45) is 1.58. The molecule has 1 amide bonds. The molecular weight excluding hydrogens is 296 g/mol. The number of unbranched alkanes of at least 4 members (excludes halogenated alkanes) is 1. The number of amides is 1. The normalized spacial score (nSPS) is 11.7. The molecule has 0 aliphatic heterocycles. The molecule has 0 radical (unpaired) electrons. The van der Waals surface area contributed by atoms with Crippen LogP contribution in [0.15, 0.2) is 29.3 Å². The van der Waals surface area contributed by atoms with Gasteiger partial charge in [0.15, 0.2) is 0 Å². The zero-order valence-electron chi connectivity index (χ0n) is 13.4. The molecule has 1 aromatic heterocycles. The van der Waals surface area contributed by atoms with Crippen molar-refractivity contribution in [1.29, 1.82) is 0 Å². The standard InChI is InChI=1S/C15H22N6O2/c1-3-4-9-17-10-18-13(16)21-12-8-6-5-7-11(12)19-14(21)20-15(22)23-2/h5-8,17H,3-4,9-10H2,1-2H3,(H2,16,18)(H,19,20,22). The monoisotopic (exact) mass is 318 g/mol. The predicted molar refractivity (Wildman–Crippen MR) is 90.6 cm³/mol. The van der Waals surface area contributed by atoms with Gasteiger partial charge in [-0.15, -0.1) is 0 Å². The summed E-state index contributed by atoms with van der Waals surface area (Å²) in [5, 5.41) is 5.74. The van der Waals surface area contributed by atoms with Crippen LogP contribution in [0.2, 0.25) is 0 Å². The Hall–Kier alpha value is -2.61. The first-order chi connectivity index (χ1) is 11.2. The van der Waals surface area contributed by atoms with E-state index in [1.807, 2.05) is 24.3 Å². The second kappa shape index (κ2) is 8.14. The smallest absolute Gasteiger partial charge is 0.413 e. The molecule has 0 saturated carbocycles. The molecule has 0 atom stereocenters. The Morgan fingerprint density at radius 2 is 2.22 bits per heavy atom. The van der Waals surface area contributed by atoms with Gasteiger partial charge in [-0.05, 0) is 25.1 Å². The van der Waals surface area contributed by atoms with E-state index in [1.54, 1.807) is 4.57 Å². The first-order valence-corrected chi connectivity index (χ1v) is 7.50. The van der Waals surface area contributed by atoms with E-state index in [1.165, 1.54) is 7.11 Å². The van der Waals surface area contributed by atoms with Crippen molar-refractivity contribution in [2.75, 3.05) is 25.6 Å². The number of para-hydroxylation sites is 2. The maximum Gasteiger partial charge on any atom is 0.413 e. The van der Waals surface area contributed by atoms with Crippen molar-refractivity contribution in [2.45, 2.75) is 19.8 Å². The molecule has 2 aromatic rings. The van der Waals surface area contributed by atoms with Gasteiger partial charge in [-0.1, -0.05) is 25.5 Å². The predicted octanol–water partition coefficient (Wildman–Crippen LogP) is 1.72. The highest BCUT2D eigenvalue weighted by molar-refractivity contribution is 5.97. The van der Waals surface area contributed by atoms with E-state index in [0.717, 1.165) is 24.9 Å². The number of aliphatic imine (C=N–C) groups is 1. The molecule has 2 rings (SSSR count). The second-order valence-electron chi connectivity index (χ2n) is 4.90. The lowest BCUT2D eigenvalue weighted by Gasteiger charge is -2.09. The van der Waals surface area contributed by atoms with Crippen LogP contribution in [-0.4, -0.2) is 41.9 Å². The molecule has 8 nitrogen and oxygen atoms in total. The lowest BCUT2D eigenvalue weighted by molar-refractivity contribution is 0.186. The highest BCUT2D eigenvalue weighted by Crippen LogP contribution is 2.18. The summed E-state index contributed by atoms with van der Waals surface area (Å²) in [5.41, 5.74) is 7.54. The number of rotatable bonds is 6. The molecule has 0 aliphatic carbocycles. The topological polar surface area (TPSA) is 107 Å². The highest BCUT2D eigenvalue weighted by atomic mass is 16.5. The Labute approximate surface area is 134 Å². The zero-order valence-corrected chi connectivity index (χ0v) is 13.4. The summed E-state index contributed by atoms with van der Waals surface area (Å²) in [7, 11) is 1.29. The Kier molecular flexibility index (Phi) is 5.93. The fourth-order valence-corrected chi connectivity index (χ4v) is 2.07. The Bertz CT molecular complexity index is 694. The summed E-state index contributed by atoms with van der Waals surface area (Å²) < 4.78 is 6.20. The first kappa shape index (κ1) is 16.8. The highest BCUT2D eigenvalue weighted by Gasteiger charge is 2.15. The maximum atomic E-state index is 11.5. The molecule has 0 bridgehead atoms. The van der Waals surface area contributed by atoms with Crippen LogP contribution in [0, 0.1) is 0 Å². The number of fused-ring (bicyclic) bond motifs is 1. The van der Waals surface area contributed by atoms with Gasteiger partial charge in [-0.3, -0.25) is 10.6 Å². The van der Waals surface area contributed by atoms with Crippen molar-refractivity contribution in [1.82, 2.24) is 14.9 Å². The number of hydrogen-bond donors (Lipinski definition) is 3. The van der Waals surface area contributed by atoms with E-state index >= 15 is 0 Å². The minimum atomic E-state index is -0.615. The summed E-state index contributed by atoms with van der Waals surface area (Å²) in [6.45, 7) is 3.41. The van der Waals surface area contributed by atoms with Gasteiger partial charge in [0.1, 0.15) is 0 Å². The number of imidazole rings is 1. The van der Waals surface area contributed by atoms with Gasteiger partial charge in [-0.25, -0.2) is 19.3 Å². The van der Waals surface area contributed by atoms with Crippen LogP contribution < -0.4 is 16.4 Å². The number of hydrogen-bond acceptors (Lipinski definition) is 5. The molecule has 4 N–H and O–H groups in total. The molecule has 8 heteroatoms. The summed E-state index contributed by atoms with van der Waals surface area (Å²) in [6, 6.07) is 7.43. The number of carbonyl (C=O) groups excluding carboxylic acids is 1. The van der Waals surface area contributed by atoms with E-state index < -0.39 is 6.09 Å². The summed E-state index contributed by atoms with van der Waals surface area (Å²) in [5.74, 6) is 0.516. The van der Waals surface area contributed by atoms with Crippen LogP contribution in [0.4, 0.5) is 10.7 Å². The molecule has 0 saturated heterocycles. The van der Waals surface area contributed by atoms with Crippen LogP contribution in [0.1, 0.15) is 19.8 Å². The number of benzene rings is 1. The minimum Gasteiger partial charge on any atom is -0.453 e. The van der Waals surface area contributed by atoms with Crippen molar-refractivity contribution in [3.63, 3.8) is 0 Å². The number of methoxy groups -OCH3 is 1. The number of anilines is 1.